The van der Waals surface area contributed by atoms with Gasteiger partial charge >= 0.3 is 6.09 Å². The van der Waals surface area contributed by atoms with Crippen molar-refractivity contribution in [2.24, 2.45) is 10.7 Å². The first kappa shape index (κ1) is 29.3. The van der Waals surface area contributed by atoms with Crippen LogP contribution in [0, 0.1) is 0 Å². The Morgan fingerprint density at radius 2 is 1.57 bits per heavy atom. The molecule has 0 spiro atoms. The number of hydrogen-bond acceptors (Lipinski definition) is 5. The van der Waals surface area contributed by atoms with Crippen LogP contribution in [0.3, 0.4) is 0 Å². The number of Topliss-reactive ketones (excluding diaryl/α,β-unsaturated/α-hetero) is 1. The number of carbonyl (C=O) groups is 3. The van der Waals surface area contributed by atoms with E-state index in [1.807, 2.05) is 19.1 Å². The van der Waals surface area contributed by atoms with Crippen molar-refractivity contribution in [2.75, 3.05) is 7.11 Å². The standard InChI is InChI=1S/C28H32ClN3O5/c1-17(25(34)20-9-13-23(36-6)14-10-20)15-21(18(2)19-7-11-22(29)12-8-19)16-24(33)31-26(30)32-27(35)37-28(3,4)5/h7-15H,16H2,1-6H3,(H3,30,31,32,33,35)/b17-15+,21-18-. The molecule has 0 aromatic heterocycles. The maximum absolute atomic E-state index is 13.0. The normalized spacial score (nSPS) is 12.9. The minimum atomic E-state index is -0.917. The van der Waals surface area contributed by atoms with Gasteiger partial charge in [0, 0.05) is 10.6 Å². The number of rotatable bonds is 7. The van der Waals surface area contributed by atoms with Crippen LogP contribution in [0.25, 0.3) is 5.57 Å². The lowest BCUT2D eigenvalue weighted by molar-refractivity contribution is -0.119. The first-order valence-electron chi connectivity index (χ1n) is 11.5. The van der Waals surface area contributed by atoms with E-state index < -0.39 is 23.6 Å². The molecule has 0 fully saturated rings. The highest BCUT2D eigenvalue weighted by molar-refractivity contribution is 6.30. The predicted molar refractivity (Wildman–Crippen MR) is 146 cm³/mol. The molecule has 8 nitrogen and oxygen atoms in total. The van der Waals surface area contributed by atoms with Crippen LogP contribution in [0.15, 0.2) is 70.7 Å². The Labute approximate surface area is 222 Å². The lowest BCUT2D eigenvalue weighted by Gasteiger charge is -2.17. The molecule has 0 radical (unpaired) electrons. The smallest absolute Gasteiger partial charge is 0.437 e. The quantitative estimate of drug-likeness (QED) is 0.157. The molecule has 0 bridgehead atoms. The lowest BCUT2D eigenvalue weighted by Crippen LogP contribution is -2.38. The molecule has 9 heteroatoms. The van der Waals surface area contributed by atoms with Crippen LogP contribution >= 0.6 is 11.6 Å². The maximum Gasteiger partial charge on any atom is 0.437 e. The van der Waals surface area contributed by atoms with Gasteiger partial charge in [0.25, 0.3) is 0 Å². The predicted octanol–water partition coefficient (Wildman–Crippen LogP) is 5.71. The zero-order valence-electron chi connectivity index (χ0n) is 21.8. The Balaban J connectivity index is 2.35. The Kier molecular flexibility index (Phi) is 10.2. The number of halogens is 1. The molecule has 0 heterocycles. The van der Waals surface area contributed by atoms with Gasteiger partial charge in [-0.05, 0) is 93.3 Å². The van der Waals surface area contributed by atoms with Crippen molar-refractivity contribution < 1.29 is 23.9 Å². The number of nitrogens with two attached hydrogens (primary N) is 1. The second-order valence-corrected chi connectivity index (χ2v) is 9.68. The first-order chi connectivity index (χ1) is 17.3. The molecule has 2 aromatic rings. The number of allylic oxidation sites excluding steroid dienone is 3. The Morgan fingerprint density at radius 1 is 1.00 bits per heavy atom. The van der Waals surface area contributed by atoms with Crippen molar-refractivity contribution in [1.82, 2.24) is 5.32 Å². The summed E-state index contributed by atoms with van der Waals surface area (Å²) in [6.07, 6.45) is 0.614. The van der Waals surface area contributed by atoms with Crippen LogP contribution in [0.5, 0.6) is 5.75 Å². The zero-order chi connectivity index (χ0) is 27.8. The number of nitrogens with one attached hydrogen (secondary N) is 1. The molecular weight excluding hydrogens is 494 g/mol. The van der Waals surface area contributed by atoms with E-state index in [4.69, 9.17) is 26.8 Å². The molecule has 2 aromatic carbocycles. The number of benzene rings is 2. The van der Waals surface area contributed by atoms with Gasteiger partial charge in [0.05, 0.1) is 13.5 Å². The van der Waals surface area contributed by atoms with Gasteiger partial charge in [-0.25, -0.2) is 4.79 Å². The third-order valence-corrected chi connectivity index (χ3v) is 5.34. The average Bonchev–Trinajstić information content (AvgIpc) is 2.81. The average molecular weight is 526 g/mol. The molecule has 0 aliphatic carbocycles. The van der Waals surface area contributed by atoms with Crippen LogP contribution in [0.1, 0.15) is 57.0 Å². The van der Waals surface area contributed by atoms with Gasteiger partial charge < -0.3 is 15.2 Å². The summed E-state index contributed by atoms with van der Waals surface area (Å²) >= 11 is 6.02. The minimum Gasteiger partial charge on any atom is -0.497 e. The highest BCUT2D eigenvalue weighted by Gasteiger charge is 2.17. The fourth-order valence-corrected chi connectivity index (χ4v) is 3.37. The summed E-state index contributed by atoms with van der Waals surface area (Å²) in [5.74, 6) is -0.470. The van der Waals surface area contributed by atoms with Gasteiger partial charge in [-0.2, -0.15) is 0 Å². The first-order valence-corrected chi connectivity index (χ1v) is 11.9. The van der Waals surface area contributed by atoms with E-state index in [9.17, 15) is 14.4 Å². The second-order valence-electron chi connectivity index (χ2n) is 9.24. The number of nitrogens with zero attached hydrogens (tertiary/aromatic N) is 1. The number of guanidine groups is 1. The topological polar surface area (TPSA) is 120 Å². The SMILES string of the molecule is COc1ccc(C(=O)/C(C)=C/C(CC(=O)N/C(N)=N/C(=O)OC(C)(C)C)=C(\C)c2ccc(Cl)cc2)cc1. The summed E-state index contributed by atoms with van der Waals surface area (Å²) in [4.78, 5) is 41.3. The number of ether oxygens (including phenoxy) is 2. The van der Waals surface area contributed by atoms with Crippen LogP contribution in [0.4, 0.5) is 4.79 Å². The van der Waals surface area contributed by atoms with Crippen LogP contribution in [-0.4, -0.2) is 36.5 Å². The number of ketones is 1. The summed E-state index contributed by atoms with van der Waals surface area (Å²) in [6, 6.07) is 13.9. The number of amides is 2. The third-order valence-electron chi connectivity index (χ3n) is 5.08. The van der Waals surface area contributed by atoms with Gasteiger partial charge in [-0.15, -0.1) is 4.99 Å². The van der Waals surface area contributed by atoms with E-state index in [-0.39, 0.29) is 12.2 Å². The number of carbonyl (C=O) groups excluding carboxylic acids is 3. The highest BCUT2D eigenvalue weighted by atomic mass is 35.5. The van der Waals surface area contributed by atoms with Crippen molar-refractivity contribution in [3.63, 3.8) is 0 Å². The van der Waals surface area contributed by atoms with Crippen molar-refractivity contribution in [3.05, 3.63) is 81.9 Å². The van der Waals surface area contributed by atoms with E-state index in [1.165, 1.54) is 0 Å². The number of hydrogen-bond donors (Lipinski definition) is 2. The fourth-order valence-electron chi connectivity index (χ4n) is 3.25. The molecule has 196 valence electrons. The summed E-state index contributed by atoms with van der Waals surface area (Å²) in [7, 11) is 1.55. The highest BCUT2D eigenvalue weighted by Crippen LogP contribution is 2.25. The summed E-state index contributed by atoms with van der Waals surface area (Å²) in [6.45, 7) is 8.58. The van der Waals surface area contributed by atoms with E-state index in [0.717, 1.165) is 11.1 Å². The lowest BCUT2D eigenvalue weighted by atomic mass is 9.95. The van der Waals surface area contributed by atoms with Gasteiger partial charge in [-0.3, -0.25) is 14.9 Å². The Hall–Kier alpha value is -3.91. The van der Waals surface area contributed by atoms with Crippen molar-refractivity contribution >= 4 is 40.9 Å². The molecular formula is C28H32ClN3O5. The molecule has 2 rings (SSSR count). The van der Waals surface area contributed by atoms with Crippen molar-refractivity contribution in [3.8, 4) is 5.75 Å². The molecule has 0 saturated carbocycles. The van der Waals surface area contributed by atoms with E-state index in [1.54, 1.807) is 77.3 Å². The van der Waals surface area contributed by atoms with Gasteiger partial charge in [0.1, 0.15) is 11.4 Å². The van der Waals surface area contributed by atoms with E-state index in [0.29, 0.717) is 27.5 Å². The van der Waals surface area contributed by atoms with Crippen LogP contribution < -0.4 is 15.8 Å². The second kappa shape index (κ2) is 12.9. The molecule has 2 amide bonds. The molecule has 0 aliphatic heterocycles. The molecule has 0 atom stereocenters. The molecule has 0 unspecified atom stereocenters. The van der Waals surface area contributed by atoms with Gasteiger partial charge in [0.2, 0.25) is 11.9 Å². The van der Waals surface area contributed by atoms with Crippen LogP contribution in [0.2, 0.25) is 5.02 Å². The Bertz CT molecular complexity index is 1240. The Morgan fingerprint density at radius 3 is 2.11 bits per heavy atom. The van der Waals surface area contributed by atoms with Gasteiger partial charge in [0.15, 0.2) is 5.78 Å². The van der Waals surface area contributed by atoms with Crippen molar-refractivity contribution in [1.29, 1.82) is 0 Å². The fraction of sp³-hybridized carbons (Fsp3) is 0.286. The zero-order valence-corrected chi connectivity index (χ0v) is 22.6. The van der Waals surface area contributed by atoms with Crippen LogP contribution in [-0.2, 0) is 9.53 Å². The molecule has 3 N–H and O–H groups in total. The molecule has 0 saturated heterocycles. The molecule has 37 heavy (non-hydrogen) atoms. The molecule has 0 aliphatic rings. The summed E-state index contributed by atoms with van der Waals surface area (Å²) in [5.41, 5.74) is 8.04. The van der Waals surface area contributed by atoms with Gasteiger partial charge in [-0.1, -0.05) is 29.8 Å². The summed E-state index contributed by atoms with van der Waals surface area (Å²) in [5, 5.41) is 2.97. The number of methoxy groups -OCH3 is 1. The third kappa shape index (κ3) is 9.57. The largest absolute Gasteiger partial charge is 0.497 e. The number of aliphatic imine (C=N–C) groups is 1. The maximum atomic E-state index is 13.0. The van der Waals surface area contributed by atoms with Crippen molar-refractivity contribution in [2.45, 2.75) is 46.6 Å². The van der Waals surface area contributed by atoms with E-state index >= 15 is 0 Å². The summed E-state index contributed by atoms with van der Waals surface area (Å²) < 4.78 is 10.2. The minimum absolute atomic E-state index is 0.133. The monoisotopic (exact) mass is 525 g/mol. The van der Waals surface area contributed by atoms with E-state index in [2.05, 4.69) is 10.3 Å².